The molecule has 2 N–H and O–H groups in total. The van der Waals surface area contributed by atoms with Gasteiger partial charge < -0.3 is 10.5 Å². The average molecular weight is 294 g/mol. The van der Waals surface area contributed by atoms with E-state index in [1.54, 1.807) is 20.8 Å². The molecule has 114 valence electrons. The van der Waals surface area contributed by atoms with E-state index >= 15 is 0 Å². The summed E-state index contributed by atoms with van der Waals surface area (Å²) in [5.74, 6) is -1.13. The van der Waals surface area contributed by atoms with Crippen LogP contribution in [-0.2, 0) is 9.53 Å². The summed E-state index contributed by atoms with van der Waals surface area (Å²) in [4.78, 5) is 33.7. The summed E-state index contributed by atoms with van der Waals surface area (Å²) >= 11 is 0. The minimum Gasteiger partial charge on any atom is -0.459 e. The third-order valence-electron chi connectivity index (χ3n) is 2.49. The molecule has 0 saturated heterocycles. The first-order valence-corrected chi connectivity index (χ1v) is 6.36. The summed E-state index contributed by atoms with van der Waals surface area (Å²) in [7, 11) is 0. The molecular weight excluding hydrogens is 276 g/mol. The van der Waals surface area contributed by atoms with Gasteiger partial charge in [-0.05, 0) is 20.8 Å². The summed E-state index contributed by atoms with van der Waals surface area (Å²) in [6, 6.07) is 4.19. The van der Waals surface area contributed by atoms with Gasteiger partial charge in [-0.1, -0.05) is 12.1 Å². The number of rotatable bonds is 5. The quantitative estimate of drug-likeness (QED) is 0.383. The lowest BCUT2D eigenvalue weighted by Crippen LogP contribution is -2.38. The van der Waals surface area contributed by atoms with Crippen molar-refractivity contribution in [3.8, 4) is 0 Å². The van der Waals surface area contributed by atoms with E-state index in [9.17, 15) is 19.7 Å². The van der Waals surface area contributed by atoms with Gasteiger partial charge in [-0.2, -0.15) is 0 Å². The van der Waals surface area contributed by atoms with Gasteiger partial charge in [0.15, 0.2) is 5.78 Å². The second-order valence-corrected chi connectivity index (χ2v) is 5.57. The van der Waals surface area contributed by atoms with Gasteiger partial charge in [-0.3, -0.25) is 19.7 Å². The number of hydrogen-bond acceptors (Lipinski definition) is 6. The number of hydrogen-bond donors (Lipinski definition) is 1. The molecule has 0 heterocycles. The molecule has 21 heavy (non-hydrogen) atoms. The van der Waals surface area contributed by atoms with Crippen LogP contribution in [0.25, 0.3) is 0 Å². The van der Waals surface area contributed by atoms with Crippen molar-refractivity contribution in [3.63, 3.8) is 0 Å². The Morgan fingerprint density at radius 2 is 2.00 bits per heavy atom. The first-order chi connectivity index (χ1) is 9.60. The van der Waals surface area contributed by atoms with Crippen LogP contribution in [0.3, 0.4) is 0 Å². The molecule has 0 radical (unpaired) electrons. The second-order valence-electron chi connectivity index (χ2n) is 5.57. The van der Waals surface area contributed by atoms with Crippen molar-refractivity contribution >= 4 is 17.4 Å². The Bertz CT molecular complexity index is 563. The van der Waals surface area contributed by atoms with E-state index < -0.39 is 28.3 Å². The number of benzene rings is 1. The Balaban J connectivity index is 2.75. The van der Waals surface area contributed by atoms with Gasteiger partial charge in [0, 0.05) is 24.1 Å². The van der Waals surface area contributed by atoms with Crippen LogP contribution in [0.2, 0.25) is 0 Å². The maximum atomic E-state index is 12.0. The minimum atomic E-state index is -1.10. The van der Waals surface area contributed by atoms with E-state index in [0.29, 0.717) is 0 Å². The number of ether oxygens (including phenoxy) is 1. The van der Waals surface area contributed by atoms with Crippen molar-refractivity contribution in [2.75, 3.05) is 0 Å². The monoisotopic (exact) mass is 294 g/mol. The maximum absolute atomic E-state index is 12.0. The van der Waals surface area contributed by atoms with Crippen LogP contribution in [0.15, 0.2) is 24.3 Å². The van der Waals surface area contributed by atoms with E-state index in [0.717, 1.165) is 6.07 Å². The van der Waals surface area contributed by atoms with Crippen LogP contribution < -0.4 is 5.73 Å². The van der Waals surface area contributed by atoms with Crippen LogP contribution >= 0.6 is 0 Å². The van der Waals surface area contributed by atoms with Crippen molar-refractivity contribution in [2.45, 2.75) is 38.8 Å². The fourth-order valence-corrected chi connectivity index (χ4v) is 1.57. The van der Waals surface area contributed by atoms with Gasteiger partial charge in [-0.25, -0.2) is 0 Å². The Kier molecular flexibility index (Phi) is 5.15. The molecule has 7 nitrogen and oxygen atoms in total. The van der Waals surface area contributed by atoms with Crippen LogP contribution in [0.1, 0.15) is 37.6 Å². The molecule has 0 aliphatic carbocycles. The zero-order valence-corrected chi connectivity index (χ0v) is 12.2. The number of ketones is 1. The van der Waals surface area contributed by atoms with Crippen LogP contribution in [0, 0.1) is 10.1 Å². The lowest BCUT2D eigenvalue weighted by molar-refractivity contribution is -0.384. The van der Waals surface area contributed by atoms with E-state index in [1.165, 1.54) is 18.2 Å². The zero-order valence-electron chi connectivity index (χ0n) is 12.2. The minimum absolute atomic E-state index is 0.142. The van der Waals surface area contributed by atoms with Crippen LogP contribution in [-0.4, -0.2) is 28.3 Å². The highest BCUT2D eigenvalue weighted by molar-refractivity contribution is 5.99. The smallest absolute Gasteiger partial charge is 0.323 e. The van der Waals surface area contributed by atoms with Gasteiger partial charge in [-0.15, -0.1) is 0 Å². The van der Waals surface area contributed by atoms with Gasteiger partial charge in [0.05, 0.1) is 4.92 Å². The highest BCUT2D eigenvalue weighted by atomic mass is 16.6. The number of nitrogens with zero attached hydrogens (tertiary/aromatic N) is 1. The molecule has 1 atom stereocenters. The average Bonchev–Trinajstić information content (AvgIpc) is 2.36. The number of carbonyl (C=O) groups excluding carboxylic acids is 2. The summed E-state index contributed by atoms with van der Waals surface area (Å²) < 4.78 is 5.07. The molecule has 0 amide bonds. The Hall–Kier alpha value is -2.28. The van der Waals surface area contributed by atoms with Gasteiger partial charge >= 0.3 is 5.97 Å². The number of esters is 1. The predicted octanol–water partition coefficient (Wildman–Crippen LogP) is 1.84. The Morgan fingerprint density at radius 1 is 1.38 bits per heavy atom. The number of nitro benzene ring substituents is 1. The summed E-state index contributed by atoms with van der Waals surface area (Å²) in [5.41, 5.74) is 4.89. The van der Waals surface area contributed by atoms with Crippen molar-refractivity contribution < 1.29 is 19.2 Å². The first-order valence-electron chi connectivity index (χ1n) is 6.36. The molecule has 0 aromatic heterocycles. The molecule has 1 aromatic carbocycles. The molecule has 1 unspecified atom stereocenters. The van der Waals surface area contributed by atoms with Crippen molar-refractivity contribution in [2.24, 2.45) is 5.73 Å². The van der Waals surface area contributed by atoms with Gasteiger partial charge in [0.2, 0.25) is 0 Å². The maximum Gasteiger partial charge on any atom is 0.323 e. The van der Waals surface area contributed by atoms with E-state index in [1.807, 2.05) is 0 Å². The number of non-ortho nitro benzene ring substituents is 1. The highest BCUT2D eigenvalue weighted by Gasteiger charge is 2.25. The summed E-state index contributed by atoms with van der Waals surface area (Å²) in [6.07, 6.45) is -0.268. The fourth-order valence-electron chi connectivity index (χ4n) is 1.57. The normalized spacial score (nSPS) is 12.6. The van der Waals surface area contributed by atoms with Crippen molar-refractivity contribution in [1.29, 1.82) is 0 Å². The van der Waals surface area contributed by atoms with Crippen LogP contribution in [0.5, 0.6) is 0 Å². The van der Waals surface area contributed by atoms with Gasteiger partial charge in [0.1, 0.15) is 11.6 Å². The molecular formula is C14H18N2O5. The van der Waals surface area contributed by atoms with Crippen molar-refractivity contribution in [3.05, 3.63) is 39.9 Å². The van der Waals surface area contributed by atoms with E-state index in [2.05, 4.69) is 0 Å². The van der Waals surface area contributed by atoms with E-state index in [4.69, 9.17) is 10.5 Å². The van der Waals surface area contributed by atoms with Crippen LogP contribution in [0.4, 0.5) is 5.69 Å². The Morgan fingerprint density at radius 3 is 2.52 bits per heavy atom. The number of Topliss-reactive ketones (excluding diaryl/α,β-unsaturated/α-hetero) is 1. The third-order valence-corrected chi connectivity index (χ3v) is 2.49. The molecule has 7 heteroatoms. The van der Waals surface area contributed by atoms with E-state index in [-0.39, 0.29) is 17.7 Å². The molecule has 1 rings (SSSR count). The van der Waals surface area contributed by atoms with Gasteiger partial charge in [0.25, 0.3) is 5.69 Å². The molecule has 0 saturated carbocycles. The highest BCUT2D eigenvalue weighted by Crippen LogP contribution is 2.16. The lowest BCUT2D eigenvalue weighted by atomic mass is 10.0. The fraction of sp³-hybridized carbons (Fsp3) is 0.429. The van der Waals surface area contributed by atoms with Crippen molar-refractivity contribution in [1.82, 2.24) is 0 Å². The second kappa shape index (κ2) is 6.45. The SMILES string of the molecule is CC(C)(C)OC(=O)C(N)CC(=O)c1cccc([N+](=O)[O-])c1. The predicted molar refractivity (Wildman–Crippen MR) is 75.9 cm³/mol. The largest absolute Gasteiger partial charge is 0.459 e. The molecule has 0 fully saturated rings. The molecule has 0 spiro atoms. The summed E-state index contributed by atoms with van der Waals surface area (Å²) in [5, 5.41) is 10.7. The third kappa shape index (κ3) is 5.31. The summed E-state index contributed by atoms with van der Waals surface area (Å²) in [6.45, 7) is 5.08. The molecule has 0 aliphatic rings. The zero-order chi connectivity index (χ0) is 16.2. The molecule has 0 bridgehead atoms. The number of nitrogens with two attached hydrogens (primary N) is 1. The standard InChI is InChI=1S/C14H18N2O5/c1-14(2,3)21-13(18)11(15)8-12(17)9-5-4-6-10(7-9)16(19)20/h4-7,11H,8,15H2,1-3H3. The topological polar surface area (TPSA) is 113 Å². The Labute approximate surface area is 122 Å². The lowest BCUT2D eigenvalue weighted by Gasteiger charge is -2.21. The number of carbonyl (C=O) groups is 2. The number of nitro groups is 1. The molecule has 1 aromatic rings. The molecule has 0 aliphatic heterocycles. The first kappa shape index (κ1) is 16.8.